The predicted octanol–water partition coefficient (Wildman–Crippen LogP) is 5.17. The van der Waals surface area contributed by atoms with E-state index in [1.54, 1.807) is 0 Å². The highest BCUT2D eigenvalue weighted by molar-refractivity contribution is 5.00. The fourth-order valence-electron chi connectivity index (χ4n) is 2.57. The number of rotatable bonds is 14. The van der Waals surface area contributed by atoms with Gasteiger partial charge in [0.25, 0.3) is 0 Å². The highest BCUT2D eigenvalue weighted by Gasteiger charge is 1.93. The van der Waals surface area contributed by atoms with Gasteiger partial charge in [-0.05, 0) is 12.3 Å². The van der Waals surface area contributed by atoms with Crippen molar-refractivity contribution in [2.45, 2.75) is 110 Å². The second-order valence-corrected chi connectivity index (χ2v) is 6.04. The first kappa shape index (κ1) is 20.5. The summed E-state index contributed by atoms with van der Waals surface area (Å²) in [7, 11) is 0. The summed E-state index contributed by atoms with van der Waals surface area (Å²) in [6.07, 6.45) is 18.3. The van der Waals surface area contributed by atoms with Crippen LogP contribution in [0, 0.1) is 11.8 Å². The molecule has 0 aliphatic carbocycles. The van der Waals surface area contributed by atoms with Crippen molar-refractivity contribution in [2.75, 3.05) is 0 Å². The summed E-state index contributed by atoms with van der Waals surface area (Å²) in [4.78, 5) is 0. The highest BCUT2D eigenvalue weighted by Crippen LogP contribution is 2.13. The van der Waals surface area contributed by atoms with Gasteiger partial charge in [-0.3, -0.25) is 0 Å². The van der Waals surface area contributed by atoms with Crippen molar-refractivity contribution in [1.82, 2.24) is 0 Å². The Hall–Kier alpha value is -0.520. The van der Waals surface area contributed by atoms with Crippen LogP contribution in [0.3, 0.4) is 0 Å². The van der Waals surface area contributed by atoms with Crippen LogP contribution >= 0.6 is 0 Å². The molecule has 0 amide bonds. The lowest BCUT2D eigenvalue weighted by Crippen LogP contribution is -1.97. The minimum atomic E-state index is -1.46. The van der Waals surface area contributed by atoms with Crippen LogP contribution in [0.4, 0.5) is 0 Å². The fraction of sp³-hybridized carbons (Fsp3) is 0.895. The van der Waals surface area contributed by atoms with Gasteiger partial charge in [0.05, 0.1) is 0 Å². The fourth-order valence-corrected chi connectivity index (χ4v) is 2.57. The van der Waals surface area contributed by atoms with Crippen LogP contribution < -0.4 is 0 Å². The lowest BCUT2D eigenvalue weighted by atomic mass is 10.0. The summed E-state index contributed by atoms with van der Waals surface area (Å²) in [5.74, 6) is 5.13. The molecule has 0 saturated carbocycles. The quantitative estimate of drug-likeness (QED) is 0.264. The van der Waals surface area contributed by atoms with Crippen molar-refractivity contribution in [2.24, 2.45) is 0 Å². The van der Waals surface area contributed by atoms with E-state index in [-0.39, 0.29) is 0 Å². The Morgan fingerprint density at radius 3 is 1.38 bits per heavy atom. The van der Waals surface area contributed by atoms with Crippen LogP contribution in [0.5, 0.6) is 0 Å². The third-order valence-electron chi connectivity index (χ3n) is 3.89. The number of hydrogen-bond acceptors (Lipinski definition) is 2. The number of aliphatic hydroxyl groups excluding tert-OH is 1. The molecule has 0 aromatic carbocycles. The Morgan fingerprint density at radius 2 is 1.00 bits per heavy atom. The van der Waals surface area contributed by atoms with E-state index in [0.717, 1.165) is 12.8 Å². The molecule has 2 nitrogen and oxygen atoms in total. The zero-order valence-corrected chi connectivity index (χ0v) is 14.1. The number of aliphatic hydroxyl groups is 2. The molecule has 0 aromatic heterocycles. The molecule has 0 aliphatic rings. The molecular formula is C19H36O2. The maximum absolute atomic E-state index is 8.55. The lowest BCUT2D eigenvalue weighted by Gasteiger charge is -2.02. The smallest absolute Gasteiger partial charge is 0.217 e. The van der Waals surface area contributed by atoms with E-state index in [0.29, 0.717) is 0 Å². The van der Waals surface area contributed by atoms with E-state index in [1.165, 1.54) is 83.5 Å². The van der Waals surface area contributed by atoms with Crippen LogP contribution in [-0.2, 0) is 0 Å². The van der Waals surface area contributed by atoms with Gasteiger partial charge in [-0.25, -0.2) is 0 Å². The molecule has 0 fully saturated rings. The molecule has 0 aliphatic heterocycles. The van der Waals surface area contributed by atoms with Gasteiger partial charge in [-0.2, -0.15) is 0 Å². The summed E-state index contributed by atoms with van der Waals surface area (Å²) in [6.45, 7) is 2.27. The van der Waals surface area contributed by atoms with Crippen molar-refractivity contribution in [3.8, 4) is 11.8 Å². The van der Waals surface area contributed by atoms with Gasteiger partial charge in [-0.1, -0.05) is 96.3 Å². The first-order chi connectivity index (χ1) is 10.3. The molecule has 0 heterocycles. The van der Waals surface area contributed by atoms with E-state index in [4.69, 9.17) is 10.2 Å². The zero-order chi connectivity index (χ0) is 15.6. The zero-order valence-electron chi connectivity index (χ0n) is 14.1. The molecule has 0 saturated heterocycles. The van der Waals surface area contributed by atoms with Gasteiger partial charge in [0.15, 0.2) is 0 Å². The normalized spacial score (nSPS) is 10.7. The summed E-state index contributed by atoms with van der Waals surface area (Å²) in [6, 6.07) is 0. The van der Waals surface area contributed by atoms with Crippen molar-refractivity contribution in [3.63, 3.8) is 0 Å². The first-order valence-corrected chi connectivity index (χ1v) is 9.12. The first-order valence-electron chi connectivity index (χ1n) is 9.12. The van der Waals surface area contributed by atoms with Gasteiger partial charge in [0, 0.05) is 6.42 Å². The van der Waals surface area contributed by atoms with Crippen LogP contribution in [0.25, 0.3) is 0 Å². The van der Waals surface area contributed by atoms with Crippen molar-refractivity contribution in [1.29, 1.82) is 0 Å². The molecule has 0 bridgehead atoms. The Labute approximate surface area is 132 Å². The molecule has 0 aromatic rings. The maximum Gasteiger partial charge on any atom is 0.217 e. The van der Waals surface area contributed by atoms with E-state index in [2.05, 4.69) is 18.8 Å². The molecule has 0 unspecified atom stereocenters. The molecule has 21 heavy (non-hydrogen) atoms. The van der Waals surface area contributed by atoms with Gasteiger partial charge < -0.3 is 10.2 Å². The van der Waals surface area contributed by atoms with E-state index < -0.39 is 6.29 Å². The minimum absolute atomic E-state index is 0.787. The molecule has 2 heteroatoms. The molecule has 0 spiro atoms. The topological polar surface area (TPSA) is 40.5 Å². The van der Waals surface area contributed by atoms with E-state index in [9.17, 15) is 0 Å². The maximum atomic E-state index is 8.55. The number of hydrogen-bond donors (Lipinski definition) is 2. The molecule has 0 atom stereocenters. The summed E-state index contributed by atoms with van der Waals surface area (Å²) in [5, 5.41) is 17.1. The average molecular weight is 296 g/mol. The summed E-state index contributed by atoms with van der Waals surface area (Å²) < 4.78 is 0. The van der Waals surface area contributed by atoms with Crippen molar-refractivity contribution >= 4 is 0 Å². The number of unbranched alkanes of at least 4 members (excludes halogenated alkanes) is 14. The summed E-state index contributed by atoms with van der Waals surface area (Å²) in [5.41, 5.74) is 0. The minimum Gasteiger partial charge on any atom is -0.358 e. The molecule has 0 radical (unpaired) electrons. The third-order valence-corrected chi connectivity index (χ3v) is 3.89. The van der Waals surface area contributed by atoms with Crippen molar-refractivity contribution < 1.29 is 10.2 Å². The second-order valence-electron chi connectivity index (χ2n) is 6.04. The van der Waals surface area contributed by atoms with Crippen LogP contribution in [0.2, 0.25) is 0 Å². The van der Waals surface area contributed by atoms with Gasteiger partial charge in [0.2, 0.25) is 6.29 Å². The van der Waals surface area contributed by atoms with E-state index in [1.807, 2.05) is 0 Å². The Morgan fingerprint density at radius 1 is 0.619 bits per heavy atom. The third kappa shape index (κ3) is 19.5. The molecular weight excluding hydrogens is 260 g/mol. The molecule has 124 valence electrons. The van der Waals surface area contributed by atoms with Crippen LogP contribution in [0.1, 0.15) is 103 Å². The Balaban J connectivity index is 3.01. The Bertz CT molecular complexity index is 250. The lowest BCUT2D eigenvalue weighted by molar-refractivity contribution is 0.0107. The highest BCUT2D eigenvalue weighted by atomic mass is 16.5. The van der Waals surface area contributed by atoms with Gasteiger partial charge in [-0.15, -0.1) is 0 Å². The van der Waals surface area contributed by atoms with Gasteiger partial charge in [0.1, 0.15) is 0 Å². The Kier molecular flexibility index (Phi) is 17.1. The van der Waals surface area contributed by atoms with Crippen molar-refractivity contribution in [3.05, 3.63) is 0 Å². The van der Waals surface area contributed by atoms with Crippen LogP contribution in [-0.4, -0.2) is 16.5 Å². The van der Waals surface area contributed by atoms with Gasteiger partial charge >= 0.3 is 0 Å². The second kappa shape index (κ2) is 17.5. The molecule has 2 N–H and O–H groups in total. The standard InChI is InChI=1S/C19H36O2/c1-2-3-4-5-6-7-8-9-10-11-12-13-14-15-16-17-18-19(20)21/h19-21H,2-16H2,1H3. The largest absolute Gasteiger partial charge is 0.358 e. The van der Waals surface area contributed by atoms with Crippen LogP contribution in [0.15, 0.2) is 0 Å². The molecule has 0 rings (SSSR count). The average Bonchev–Trinajstić information content (AvgIpc) is 2.46. The SMILES string of the molecule is CCCCCCCCCCCCCCCCC#CC(O)O. The summed E-state index contributed by atoms with van der Waals surface area (Å²) >= 11 is 0. The predicted molar refractivity (Wildman–Crippen MR) is 90.9 cm³/mol. The van der Waals surface area contributed by atoms with E-state index >= 15 is 0 Å². The monoisotopic (exact) mass is 296 g/mol.